The lowest BCUT2D eigenvalue weighted by molar-refractivity contribution is 0.194. The van der Waals surface area contributed by atoms with Crippen molar-refractivity contribution in [1.29, 1.82) is 0 Å². The molecule has 0 aliphatic carbocycles. The highest BCUT2D eigenvalue weighted by Crippen LogP contribution is 2.36. The minimum absolute atomic E-state index is 0.184. The SMILES string of the molecule is CCOc1cc(CN2CCCN(C)CC2C)cc(Br)c1O. The highest BCUT2D eigenvalue weighted by Gasteiger charge is 2.20. The van der Waals surface area contributed by atoms with Gasteiger partial charge in [-0.25, -0.2) is 0 Å². The number of benzene rings is 1. The monoisotopic (exact) mass is 356 g/mol. The molecule has 2 rings (SSSR count). The molecule has 0 saturated carbocycles. The van der Waals surface area contributed by atoms with Crippen LogP contribution < -0.4 is 4.74 Å². The molecule has 1 aliphatic rings. The van der Waals surface area contributed by atoms with Crippen LogP contribution in [0.2, 0.25) is 0 Å². The van der Waals surface area contributed by atoms with E-state index in [9.17, 15) is 5.11 Å². The van der Waals surface area contributed by atoms with E-state index in [0.29, 0.717) is 22.9 Å². The molecule has 0 aromatic heterocycles. The topological polar surface area (TPSA) is 35.9 Å². The van der Waals surface area contributed by atoms with Gasteiger partial charge in [-0.05, 0) is 67.5 Å². The Bertz CT molecular complexity index is 482. The number of phenols is 1. The Morgan fingerprint density at radius 3 is 2.86 bits per heavy atom. The summed E-state index contributed by atoms with van der Waals surface area (Å²) in [6.45, 7) is 8.99. The van der Waals surface area contributed by atoms with Gasteiger partial charge in [0.15, 0.2) is 11.5 Å². The second-order valence-corrected chi connectivity index (χ2v) is 6.65. The number of phenolic OH excluding ortho intramolecular Hbond substituents is 1. The Hall–Kier alpha value is -0.780. The molecule has 0 bridgehead atoms. The molecule has 1 aliphatic heterocycles. The van der Waals surface area contributed by atoms with Crippen LogP contribution in [-0.2, 0) is 6.54 Å². The van der Waals surface area contributed by atoms with E-state index in [1.54, 1.807) is 0 Å². The molecule has 118 valence electrons. The van der Waals surface area contributed by atoms with Gasteiger partial charge in [-0.15, -0.1) is 0 Å². The predicted octanol–water partition coefficient (Wildman–Crippen LogP) is 3.08. The third kappa shape index (κ3) is 4.34. The van der Waals surface area contributed by atoms with Gasteiger partial charge in [0, 0.05) is 25.7 Å². The first-order chi connectivity index (χ1) is 10.0. The van der Waals surface area contributed by atoms with Crippen LogP contribution in [0.4, 0.5) is 0 Å². The van der Waals surface area contributed by atoms with Crippen LogP contribution in [-0.4, -0.2) is 54.2 Å². The van der Waals surface area contributed by atoms with Crippen molar-refractivity contribution >= 4 is 15.9 Å². The van der Waals surface area contributed by atoms with E-state index in [4.69, 9.17) is 4.74 Å². The zero-order valence-electron chi connectivity index (χ0n) is 13.1. The lowest BCUT2D eigenvalue weighted by Crippen LogP contribution is -2.37. The van der Waals surface area contributed by atoms with Crippen molar-refractivity contribution in [3.05, 3.63) is 22.2 Å². The molecule has 1 fully saturated rings. The number of likely N-dealkylation sites (N-methyl/N-ethyl adjacent to an activating group) is 1. The maximum Gasteiger partial charge on any atom is 0.172 e. The van der Waals surface area contributed by atoms with Crippen LogP contribution in [0.5, 0.6) is 11.5 Å². The molecular weight excluding hydrogens is 332 g/mol. The summed E-state index contributed by atoms with van der Waals surface area (Å²) >= 11 is 3.42. The first-order valence-corrected chi connectivity index (χ1v) is 8.37. The quantitative estimate of drug-likeness (QED) is 0.899. The van der Waals surface area contributed by atoms with Crippen molar-refractivity contribution in [3.8, 4) is 11.5 Å². The van der Waals surface area contributed by atoms with Gasteiger partial charge >= 0.3 is 0 Å². The minimum Gasteiger partial charge on any atom is -0.503 e. The second-order valence-electron chi connectivity index (χ2n) is 5.79. The maximum atomic E-state index is 10.00. The molecule has 4 nitrogen and oxygen atoms in total. The third-order valence-electron chi connectivity index (χ3n) is 3.96. The molecule has 0 spiro atoms. The Balaban J connectivity index is 2.14. The number of ether oxygens (including phenoxy) is 1. The van der Waals surface area contributed by atoms with Gasteiger partial charge in [0.25, 0.3) is 0 Å². The predicted molar refractivity (Wildman–Crippen MR) is 89.0 cm³/mol. The van der Waals surface area contributed by atoms with E-state index >= 15 is 0 Å². The Labute approximate surface area is 135 Å². The molecule has 0 radical (unpaired) electrons. The minimum atomic E-state index is 0.184. The van der Waals surface area contributed by atoms with Crippen molar-refractivity contribution in [2.45, 2.75) is 32.9 Å². The number of aromatic hydroxyl groups is 1. The Kier molecular flexibility index (Phi) is 5.90. The molecule has 5 heteroatoms. The largest absolute Gasteiger partial charge is 0.503 e. The molecule has 21 heavy (non-hydrogen) atoms. The number of hydrogen-bond donors (Lipinski definition) is 1. The average Bonchev–Trinajstić information content (AvgIpc) is 2.57. The summed E-state index contributed by atoms with van der Waals surface area (Å²) in [6, 6.07) is 4.46. The molecule has 0 amide bonds. The van der Waals surface area contributed by atoms with Gasteiger partial charge < -0.3 is 14.7 Å². The molecule has 1 unspecified atom stereocenters. The van der Waals surface area contributed by atoms with Crippen molar-refractivity contribution in [1.82, 2.24) is 9.80 Å². The standard InChI is InChI=1S/C16H25BrN2O2/c1-4-21-15-9-13(8-14(17)16(15)20)11-19-7-5-6-18(3)10-12(19)2/h8-9,12,20H,4-7,10-11H2,1-3H3. The van der Waals surface area contributed by atoms with Crippen molar-refractivity contribution in [3.63, 3.8) is 0 Å². The summed E-state index contributed by atoms with van der Waals surface area (Å²) < 4.78 is 6.21. The van der Waals surface area contributed by atoms with Gasteiger partial charge in [-0.3, -0.25) is 4.90 Å². The van der Waals surface area contributed by atoms with Crippen LogP contribution in [0.15, 0.2) is 16.6 Å². The first kappa shape index (κ1) is 16.6. The van der Waals surface area contributed by atoms with Crippen LogP contribution in [0.25, 0.3) is 0 Å². The fourth-order valence-electron chi connectivity index (χ4n) is 2.88. The van der Waals surface area contributed by atoms with E-state index in [1.165, 1.54) is 12.0 Å². The summed E-state index contributed by atoms with van der Waals surface area (Å²) in [5.41, 5.74) is 1.17. The highest BCUT2D eigenvalue weighted by molar-refractivity contribution is 9.10. The van der Waals surface area contributed by atoms with Crippen LogP contribution in [0, 0.1) is 0 Å². The van der Waals surface area contributed by atoms with Crippen LogP contribution >= 0.6 is 15.9 Å². The lowest BCUT2D eigenvalue weighted by atomic mass is 10.1. The fraction of sp³-hybridized carbons (Fsp3) is 0.625. The molecule has 1 aromatic rings. The number of rotatable bonds is 4. The van der Waals surface area contributed by atoms with E-state index in [-0.39, 0.29) is 5.75 Å². The first-order valence-electron chi connectivity index (χ1n) is 7.58. The van der Waals surface area contributed by atoms with E-state index < -0.39 is 0 Å². The van der Waals surface area contributed by atoms with Crippen LogP contribution in [0.1, 0.15) is 25.8 Å². The number of halogens is 1. The fourth-order valence-corrected chi connectivity index (χ4v) is 3.36. The van der Waals surface area contributed by atoms with Crippen molar-refractivity contribution in [2.24, 2.45) is 0 Å². The normalized spacial score (nSPS) is 21.2. The lowest BCUT2D eigenvalue weighted by Gasteiger charge is -2.28. The summed E-state index contributed by atoms with van der Waals surface area (Å²) in [5.74, 6) is 0.741. The zero-order valence-corrected chi connectivity index (χ0v) is 14.7. The van der Waals surface area contributed by atoms with Crippen molar-refractivity contribution < 1.29 is 9.84 Å². The Morgan fingerprint density at radius 1 is 1.38 bits per heavy atom. The average molecular weight is 357 g/mol. The molecule has 1 atom stereocenters. The highest BCUT2D eigenvalue weighted by atomic mass is 79.9. The summed E-state index contributed by atoms with van der Waals surface area (Å²) in [4.78, 5) is 4.89. The van der Waals surface area contributed by atoms with Gasteiger partial charge in [-0.1, -0.05) is 0 Å². The molecule has 1 aromatic carbocycles. The summed E-state index contributed by atoms with van der Waals surface area (Å²) in [6.07, 6.45) is 1.19. The van der Waals surface area contributed by atoms with E-state index in [2.05, 4.69) is 39.7 Å². The van der Waals surface area contributed by atoms with Gasteiger partial charge in [0.2, 0.25) is 0 Å². The molecule has 1 N–H and O–H groups in total. The van der Waals surface area contributed by atoms with E-state index in [0.717, 1.165) is 26.2 Å². The maximum absolute atomic E-state index is 10.00. The summed E-state index contributed by atoms with van der Waals surface area (Å²) in [5, 5.41) is 10.00. The smallest absolute Gasteiger partial charge is 0.172 e. The molecular formula is C16H25BrN2O2. The zero-order chi connectivity index (χ0) is 15.4. The van der Waals surface area contributed by atoms with Crippen molar-refractivity contribution in [2.75, 3.05) is 33.3 Å². The molecule has 1 heterocycles. The van der Waals surface area contributed by atoms with E-state index in [1.807, 2.05) is 19.1 Å². The third-order valence-corrected chi connectivity index (χ3v) is 4.56. The molecule has 1 saturated heterocycles. The van der Waals surface area contributed by atoms with Gasteiger partial charge in [0.1, 0.15) is 0 Å². The summed E-state index contributed by atoms with van der Waals surface area (Å²) in [7, 11) is 2.18. The van der Waals surface area contributed by atoms with Gasteiger partial charge in [0.05, 0.1) is 11.1 Å². The number of hydrogen-bond acceptors (Lipinski definition) is 4. The Morgan fingerprint density at radius 2 is 2.14 bits per heavy atom. The second kappa shape index (κ2) is 7.47. The number of nitrogens with zero attached hydrogens (tertiary/aromatic N) is 2. The van der Waals surface area contributed by atoms with Gasteiger partial charge in [-0.2, -0.15) is 0 Å². The van der Waals surface area contributed by atoms with Crippen LogP contribution in [0.3, 0.4) is 0 Å².